The van der Waals surface area contributed by atoms with Crippen LogP contribution in [0, 0.1) is 19.7 Å². The minimum Gasteiger partial charge on any atom is -0.453 e. The number of ketones is 1. The Bertz CT molecular complexity index is 1200. The molecule has 3 rings (SSSR count). The number of Topliss-reactive ketones (excluding diaryl/α,β-unsaturated/α-hetero) is 1. The quantitative estimate of drug-likeness (QED) is 0.318. The van der Waals surface area contributed by atoms with Gasteiger partial charge in [-0.25, -0.2) is 9.18 Å². The first-order valence-corrected chi connectivity index (χ1v) is 10.4. The molecule has 1 amide bonds. The maximum Gasteiger partial charge on any atom is 0.355 e. The zero-order valence-electron chi connectivity index (χ0n) is 18.7. The van der Waals surface area contributed by atoms with Crippen molar-refractivity contribution in [2.24, 2.45) is 0 Å². The molecule has 0 aliphatic carbocycles. The summed E-state index contributed by atoms with van der Waals surface area (Å²) in [6.45, 7) is 4.98. The number of aromatic nitrogens is 1. The van der Waals surface area contributed by atoms with Crippen molar-refractivity contribution in [1.82, 2.24) is 9.88 Å². The van der Waals surface area contributed by atoms with Gasteiger partial charge in [0, 0.05) is 30.4 Å². The Hall–Kier alpha value is -4.00. The van der Waals surface area contributed by atoms with Crippen LogP contribution in [0.4, 0.5) is 4.39 Å². The molecule has 3 aromatic rings. The van der Waals surface area contributed by atoms with E-state index in [-0.39, 0.29) is 17.3 Å². The molecule has 33 heavy (non-hydrogen) atoms. The molecule has 0 unspecified atom stereocenters. The molecule has 1 aromatic heterocycles. The monoisotopic (exact) mass is 448 g/mol. The summed E-state index contributed by atoms with van der Waals surface area (Å²) in [6, 6.07) is 16.9. The summed E-state index contributed by atoms with van der Waals surface area (Å²) < 4.78 is 20.3. The number of nitrogens with one attached hydrogen (secondary N) is 1. The highest BCUT2D eigenvalue weighted by Gasteiger charge is 2.19. The first kappa shape index (κ1) is 23.7. The van der Waals surface area contributed by atoms with Crippen molar-refractivity contribution in [2.75, 3.05) is 6.61 Å². The molecule has 1 N–H and O–H groups in total. The number of carbonyl (C=O) groups excluding carboxylic acids is 3. The molecule has 0 bridgehead atoms. The number of rotatable bonds is 8. The second kappa shape index (κ2) is 10.5. The fourth-order valence-electron chi connectivity index (χ4n) is 3.44. The number of esters is 1. The largest absolute Gasteiger partial charge is 0.453 e. The van der Waals surface area contributed by atoms with Gasteiger partial charge in [-0.3, -0.25) is 9.59 Å². The van der Waals surface area contributed by atoms with E-state index < -0.39 is 18.5 Å². The molecule has 7 heteroatoms. The summed E-state index contributed by atoms with van der Waals surface area (Å²) in [6.07, 6.45) is 1.49. The SMILES string of the molecule is CC(=O)N/C(=C/c1ccccc1)C(=O)OCC(=O)c1cc(C)n(Cc2ccc(F)cc2)c1C. The van der Waals surface area contributed by atoms with Crippen LogP contribution in [0.2, 0.25) is 0 Å². The van der Waals surface area contributed by atoms with Crippen LogP contribution in [0.1, 0.15) is 39.8 Å². The molecular formula is C26H25FN2O4. The zero-order valence-corrected chi connectivity index (χ0v) is 18.7. The van der Waals surface area contributed by atoms with Gasteiger partial charge >= 0.3 is 5.97 Å². The molecule has 0 radical (unpaired) electrons. The van der Waals surface area contributed by atoms with Crippen molar-refractivity contribution in [3.63, 3.8) is 0 Å². The Morgan fingerprint density at radius 3 is 2.33 bits per heavy atom. The lowest BCUT2D eigenvalue weighted by molar-refractivity contribution is -0.139. The highest BCUT2D eigenvalue weighted by atomic mass is 19.1. The van der Waals surface area contributed by atoms with Crippen LogP contribution < -0.4 is 5.32 Å². The van der Waals surface area contributed by atoms with Gasteiger partial charge in [0.25, 0.3) is 0 Å². The number of ether oxygens (including phenoxy) is 1. The Morgan fingerprint density at radius 2 is 1.70 bits per heavy atom. The van der Waals surface area contributed by atoms with Crippen LogP contribution in [-0.4, -0.2) is 28.8 Å². The lowest BCUT2D eigenvalue weighted by Gasteiger charge is -2.11. The summed E-state index contributed by atoms with van der Waals surface area (Å²) in [7, 11) is 0. The summed E-state index contributed by atoms with van der Waals surface area (Å²) in [5.41, 5.74) is 3.57. The number of carbonyl (C=O) groups is 3. The second-order valence-electron chi connectivity index (χ2n) is 7.65. The normalized spacial score (nSPS) is 11.2. The van der Waals surface area contributed by atoms with Crippen LogP contribution in [0.5, 0.6) is 0 Å². The van der Waals surface area contributed by atoms with E-state index in [0.29, 0.717) is 17.7 Å². The van der Waals surface area contributed by atoms with E-state index in [0.717, 1.165) is 17.0 Å². The summed E-state index contributed by atoms with van der Waals surface area (Å²) in [5.74, 6) is -1.90. The van der Waals surface area contributed by atoms with Gasteiger partial charge < -0.3 is 14.6 Å². The first-order chi connectivity index (χ1) is 15.7. The van der Waals surface area contributed by atoms with Gasteiger partial charge in [-0.1, -0.05) is 42.5 Å². The highest BCUT2D eigenvalue weighted by Crippen LogP contribution is 2.18. The standard InChI is InChI=1S/C26H25FN2O4/c1-17-13-23(18(2)29(17)15-21-9-11-22(27)12-10-21)25(31)16-33-26(32)24(28-19(3)30)14-20-7-5-4-6-8-20/h4-14H,15-16H2,1-3H3,(H,28,30)/b24-14+. The van der Waals surface area contributed by atoms with Gasteiger partial charge in [-0.05, 0) is 49.2 Å². The number of nitrogens with zero attached hydrogens (tertiary/aromatic N) is 1. The van der Waals surface area contributed by atoms with Crippen LogP contribution in [0.25, 0.3) is 6.08 Å². The van der Waals surface area contributed by atoms with E-state index in [2.05, 4.69) is 5.32 Å². The van der Waals surface area contributed by atoms with Crippen molar-refractivity contribution in [3.8, 4) is 0 Å². The van der Waals surface area contributed by atoms with Crippen molar-refractivity contribution in [3.05, 3.63) is 100 Å². The van der Waals surface area contributed by atoms with Crippen molar-refractivity contribution < 1.29 is 23.5 Å². The highest BCUT2D eigenvalue weighted by molar-refractivity contribution is 6.02. The number of halogens is 1. The van der Waals surface area contributed by atoms with E-state index >= 15 is 0 Å². The predicted octanol–water partition coefficient (Wildman–Crippen LogP) is 4.20. The molecule has 0 spiro atoms. The van der Waals surface area contributed by atoms with Crippen molar-refractivity contribution in [2.45, 2.75) is 27.3 Å². The third kappa shape index (κ3) is 6.26. The zero-order chi connectivity index (χ0) is 24.0. The fourth-order valence-corrected chi connectivity index (χ4v) is 3.44. The van der Waals surface area contributed by atoms with Gasteiger partial charge in [-0.15, -0.1) is 0 Å². The van der Waals surface area contributed by atoms with E-state index in [1.54, 1.807) is 42.5 Å². The summed E-state index contributed by atoms with van der Waals surface area (Å²) in [5, 5.41) is 2.45. The van der Waals surface area contributed by atoms with E-state index in [4.69, 9.17) is 4.74 Å². The first-order valence-electron chi connectivity index (χ1n) is 10.4. The molecule has 0 aliphatic rings. The van der Waals surface area contributed by atoms with E-state index in [1.807, 2.05) is 24.5 Å². The topological polar surface area (TPSA) is 77.4 Å². The average molecular weight is 448 g/mol. The van der Waals surface area contributed by atoms with Crippen LogP contribution in [0.15, 0.2) is 66.4 Å². The predicted molar refractivity (Wildman–Crippen MR) is 123 cm³/mol. The molecule has 0 saturated carbocycles. The lowest BCUT2D eigenvalue weighted by Crippen LogP contribution is -2.27. The fraction of sp³-hybridized carbons (Fsp3) is 0.192. The number of hydrogen-bond acceptors (Lipinski definition) is 4. The summed E-state index contributed by atoms with van der Waals surface area (Å²) in [4.78, 5) is 36.9. The third-order valence-electron chi connectivity index (χ3n) is 5.10. The molecule has 0 fully saturated rings. The van der Waals surface area contributed by atoms with Crippen molar-refractivity contribution in [1.29, 1.82) is 0 Å². The maximum absolute atomic E-state index is 13.2. The number of benzene rings is 2. The third-order valence-corrected chi connectivity index (χ3v) is 5.10. The van der Waals surface area contributed by atoms with Crippen LogP contribution in [-0.2, 0) is 20.9 Å². The molecule has 1 heterocycles. The molecular weight excluding hydrogens is 423 g/mol. The number of amides is 1. The molecule has 2 aromatic carbocycles. The Kier molecular flexibility index (Phi) is 7.56. The minimum absolute atomic E-state index is 0.0525. The van der Waals surface area contributed by atoms with Gasteiger partial charge in [0.05, 0.1) is 0 Å². The van der Waals surface area contributed by atoms with E-state index in [9.17, 15) is 18.8 Å². The van der Waals surface area contributed by atoms with Gasteiger partial charge in [0.1, 0.15) is 11.5 Å². The van der Waals surface area contributed by atoms with Gasteiger partial charge in [0.2, 0.25) is 11.7 Å². The number of aryl methyl sites for hydroxylation is 1. The Labute approximate surface area is 191 Å². The smallest absolute Gasteiger partial charge is 0.355 e. The summed E-state index contributed by atoms with van der Waals surface area (Å²) >= 11 is 0. The average Bonchev–Trinajstić information content (AvgIpc) is 3.07. The van der Waals surface area contributed by atoms with Gasteiger partial charge in [0.15, 0.2) is 6.61 Å². The Morgan fingerprint density at radius 1 is 1.03 bits per heavy atom. The molecule has 170 valence electrons. The Balaban J connectivity index is 1.71. The van der Waals surface area contributed by atoms with Crippen molar-refractivity contribution >= 4 is 23.7 Å². The molecule has 0 saturated heterocycles. The van der Waals surface area contributed by atoms with Crippen LogP contribution >= 0.6 is 0 Å². The van der Waals surface area contributed by atoms with Gasteiger partial charge in [-0.2, -0.15) is 0 Å². The maximum atomic E-state index is 13.2. The number of hydrogen-bond donors (Lipinski definition) is 1. The second-order valence-corrected chi connectivity index (χ2v) is 7.65. The molecule has 0 atom stereocenters. The lowest BCUT2D eigenvalue weighted by atomic mass is 10.1. The van der Waals surface area contributed by atoms with Crippen LogP contribution in [0.3, 0.4) is 0 Å². The molecule has 6 nitrogen and oxygen atoms in total. The van der Waals surface area contributed by atoms with E-state index in [1.165, 1.54) is 25.1 Å². The minimum atomic E-state index is -0.803. The molecule has 0 aliphatic heterocycles.